The van der Waals surface area contributed by atoms with E-state index in [9.17, 15) is 0 Å². The van der Waals surface area contributed by atoms with Gasteiger partial charge in [0.1, 0.15) is 11.3 Å². The van der Waals surface area contributed by atoms with Crippen LogP contribution in [0, 0.1) is 6.92 Å². The van der Waals surface area contributed by atoms with Crippen LogP contribution in [-0.4, -0.2) is 9.97 Å². The van der Waals surface area contributed by atoms with Gasteiger partial charge in [0.2, 0.25) is 5.71 Å². The zero-order valence-electron chi connectivity index (χ0n) is 8.16. The van der Waals surface area contributed by atoms with Crippen LogP contribution in [-0.2, 0) is 6.42 Å². The average Bonchev–Trinajstić information content (AvgIpc) is 2.59. The summed E-state index contributed by atoms with van der Waals surface area (Å²) in [7, 11) is 0. The van der Waals surface area contributed by atoms with Crippen LogP contribution < -0.4 is 0 Å². The molecule has 2 aromatic heterocycles. The Balaban J connectivity index is 2.31. The largest absolute Gasteiger partial charge is 0.442 e. The minimum atomic E-state index is 0.657. The number of fused-ring (bicyclic) bond motifs is 2. The summed E-state index contributed by atoms with van der Waals surface area (Å²) in [5, 5.41) is 0. The highest BCUT2D eigenvalue weighted by Gasteiger charge is 2.15. The summed E-state index contributed by atoms with van der Waals surface area (Å²) in [5.74, 6) is 0.865. The van der Waals surface area contributed by atoms with Crippen molar-refractivity contribution >= 4 is 17.3 Å². The average molecular weight is 186 g/mol. The third-order valence-electron chi connectivity index (χ3n) is 2.42. The highest BCUT2D eigenvalue weighted by Crippen LogP contribution is 2.24. The maximum atomic E-state index is 5.43. The van der Waals surface area contributed by atoms with E-state index in [-0.39, 0.29) is 0 Å². The van der Waals surface area contributed by atoms with Crippen LogP contribution in [0.5, 0.6) is 0 Å². The van der Waals surface area contributed by atoms with E-state index in [1.807, 2.05) is 13.0 Å². The van der Waals surface area contributed by atoms with Crippen molar-refractivity contribution in [1.29, 1.82) is 0 Å². The molecule has 0 spiro atoms. The second-order valence-electron chi connectivity index (χ2n) is 3.77. The number of hydrogen-bond acceptors (Lipinski definition) is 3. The van der Waals surface area contributed by atoms with Gasteiger partial charge in [-0.25, -0.2) is 9.97 Å². The Morgan fingerprint density at radius 3 is 3.00 bits per heavy atom. The van der Waals surface area contributed by atoms with Crippen molar-refractivity contribution in [3.8, 4) is 0 Å². The van der Waals surface area contributed by atoms with Gasteiger partial charge in [0.15, 0.2) is 0 Å². The molecule has 2 heterocycles. The third-order valence-corrected chi connectivity index (χ3v) is 2.42. The number of aromatic nitrogens is 2. The number of furan rings is 1. The molecule has 0 fully saturated rings. The van der Waals surface area contributed by atoms with Crippen molar-refractivity contribution in [2.45, 2.75) is 20.3 Å². The molecule has 0 saturated carbocycles. The Bertz CT molecular complexity index is 552. The predicted octanol–water partition coefficient (Wildman–Crippen LogP) is 2.49. The highest BCUT2D eigenvalue weighted by molar-refractivity contribution is 5.73. The zero-order chi connectivity index (χ0) is 9.71. The van der Waals surface area contributed by atoms with E-state index in [2.05, 4.69) is 23.0 Å². The quantitative estimate of drug-likeness (QED) is 0.634. The monoisotopic (exact) mass is 186 g/mol. The van der Waals surface area contributed by atoms with Crippen LogP contribution in [0.25, 0.3) is 17.3 Å². The molecule has 3 rings (SSSR count). The number of nitrogens with zero attached hydrogens (tertiary/aromatic N) is 2. The summed E-state index contributed by atoms with van der Waals surface area (Å²) in [4.78, 5) is 8.94. The second-order valence-corrected chi connectivity index (χ2v) is 3.77. The van der Waals surface area contributed by atoms with Crippen LogP contribution >= 0.6 is 0 Å². The lowest BCUT2D eigenvalue weighted by Crippen LogP contribution is -1.91. The van der Waals surface area contributed by atoms with Gasteiger partial charge in [0.25, 0.3) is 0 Å². The molecule has 3 heteroatoms. The van der Waals surface area contributed by atoms with Crippen molar-refractivity contribution in [1.82, 2.24) is 9.97 Å². The molecule has 0 saturated heterocycles. The molecule has 1 aliphatic carbocycles. The number of hydrogen-bond donors (Lipinski definition) is 0. The Kier molecular flexibility index (Phi) is 1.35. The van der Waals surface area contributed by atoms with E-state index in [1.165, 1.54) is 5.57 Å². The van der Waals surface area contributed by atoms with Crippen molar-refractivity contribution in [3.05, 3.63) is 28.8 Å². The summed E-state index contributed by atoms with van der Waals surface area (Å²) in [6, 6.07) is 1.92. The van der Waals surface area contributed by atoms with Crippen LogP contribution in [0.1, 0.15) is 24.1 Å². The first-order chi connectivity index (χ1) is 6.72. The molecule has 0 N–H and O–H groups in total. The predicted molar refractivity (Wildman–Crippen MR) is 53.9 cm³/mol. The molecule has 0 aliphatic heterocycles. The molecule has 0 atom stereocenters. The molecule has 70 valence electrons. The van der Waals surface area contributed by atoms with Gasteiger partial charge in [-0.3, -0.25) is 0 Å². The molecular weight excluding hydrogens is 176 g/mol. The maximum absolute atomic E-state index is 5.43. The Morgan fingerprint density at radius 1 is 1.29 bits per heavy atom. The van der Waals surface area contributed by atoms with Crippen LogP contribution in [0.4, 0.5) is 0 Å². The number of aryl methyl sites for hydroxylation is 1. The van der Waals surface area contributed by atoms with Gasteiger partial charge in [-0.1, -0.05) is 5.57 Å². The Labute approximate surface area is 81.5 Å². The van der Waals surface area contributed by atoms with Crippen molar-refractivity contribution in [2.75, 3.05) is 0 Å². The van der Waals surface area contributed by atoms with Crippen LogP contribution in [0.15, 0.2) is 16.1 Å². The highest BCUT2D eigenvalue weighted by atomic mass is 16.3. The van der Waals surface area contributed by atoms with Crippen LogP contribution in [0.3, 0.4) is 0 Å². The van der Waals surface area contributed by atoms with Gasteiger partial charge in [-0.05, 0) is 19.9 Å². The van der Waals surface area contributed by atoms with Gasteiger partial charge in [-0.15, -0.1) is 0 Å². The molecule has 0 aromatic carbocycles. The second kappa shape index (κ2) is 2.44. The van der Waals surface area contributed by atoms with E-state index >= 15 is 0 Å². The number of allylic oxidation sites excluding steroid dienone is 1. The molecule has 2 aromatic rings. The van der Waals surface area contributed by atoms with E-state index in [1.54, 1.807) is 0 Å². The summed E-state index contributed by atoms with van der Waals surface area (Å²) >= 11 is 0. The minimum absolute atomic E-state index is 0.657. The van der Waals surface area contributed by atoms with E-state index in [4.69, 9.17) is 4.42 Å². The summed E-state index contributed by atoms with van der Waals surface area (Å²) in [6.07, 6.45) is 2.99. The van der Waals surface area contributed by atoms with Gasteiger partial charge in [-0.2, -0.15) is 0 Å². The van der Waals surface area contributed by atoms with E-state index < -0.39 is 0 Å². The summed E-state index contributed by atoms with van der Waals surface area (Å²) in [6.45, 7) is 4.01. The molecule has 14 heavy (non-hydrogen) atoms. The standard InChI is InChI=1S/C11H10N2O/c1-6-3-8-9(4-6)13-11-10(12-8)5-7(2)14-11/h3,5H,4H2,1-2H3. The molecule has 3 nitrogen and oxygen atoms in total. The molecule has 0 amide bonds. The fourth-order valence-corrected chi connectivity index (χ4v) is 1.82. The maximum Gasteiger partial charge on any atom is 0.245 e. The first kappa shape index (κ1) is 7.74. The Hall–Kier alpha value is -1.64. The summed E-state index contributed by atoms with van der Waals surface area (Å²) < 4.78 is 5.43. The fraction of sp³-hybridized carbons (Fsp3) is 0.273. The smallest absolute Gasteiger partial charge is 0.245 e. The van der Waals surface area contributed by atoms with Crippen molar-refractivity contribution < 1.29 is 4.42 Å². The Morgan fingerprint density at radius 2 is 2.14 bits per heavy atom. The molecule has 0 unspecified atom stereocenters. The lowest BCUT2D eigenvalue weighted by Gasteiger charge is -1.95. The molecule has 0 bridgehead atoms. The molecule has 0 radical (unpaired) electrons. The zero-order valence-corrected chi connectivity index (χ0v) is 8.16. The summed E-state index contributed by atoms with van der Waals surface area (Å²) in [5.41, 5.74) is 4.85. The van der Waals surface area contributed by atoms with Gasteiger partial charge in [0.05, 0.1) is 11.4 Å². The first-order valence-electron chi connectivity index (χ1n) is 4.66. The third kappa shape index (κ3) is 0.985. The van der Waals surface area contributed by atoms with E-state index in [0.29, 0.717) is 5.71 Å². The first-order valence-corrected chi connectivity index (χ1v) is 4.66. The van der Waals surface area contributed by atoms with Gasteiger partial charge < -0.3 is 4.42 Å². The molecular formula is C11H10N2O. The topological polar surface area (TPSA) is 38.9 Å². The lowest BCUT2D eigenvalue weighted by molar-refractivity contribution is 0.566. The van der Waals surface area contributed by atoms with Crippen LogP contribution in [0.2, 0.25) is 0 Å². The fourth-order valence-electron chi connectivity index (χ4n) is 1.82. The normalized spacial score (nSPS) is 14.6. The molecule has 1 aliphatic rings. The lowest BCUT2D eigenvalue weighted by atomic mass is 10.2. The van der Waals surface area contributed by atoms with Gasteiger partial charge >= 0.3 is 0 Å². The SMILES string of the molecule is CC1=Cc2nc3cc(C)oc3nc2C1. The van der Waals surface area contributed by atoms with Crippen molar-refractivity contribution in [2.24, 2.45) is 0 Å². The number of rotatable bonds is 0. The minimum Gasteiger partial charge on any atom is -0.442 e. The van der Waals surface area contributed by atoms with Gasteiger partial charge in [0, 0.05) is 12.5 Å². The van der Waals surface area contributed by atoms with Crippen molar-refractivity contribution in [3.63, 3.8) is 0 Å². The van der Waals surface area contributed by atoms with E-state index in [0.717, 1.165) is 29.1 Å².